The van der Waals surface area contributed by atoms with Gasteiger partial charge in [0.1, 0.15) is 5.69 Å². The summed E-state index contributed by atoms with van der Waals surface area (Å²) >= 11 is 0. The minimum absolute atomic E-state index is 0.225. The van der Waals surface area contributed by atoms with Crippen molar-refractivity contribution in [2.24, 2.45) is 5.73 Å². The number of rotatable bonds is 4. The SMILES string of the molecule is NC(=O)c1ccc2c(n1)CCN(CC(=O)N1CCN(C3CCC3)CC1)C2. The van der Waals surface area contributed by atoms with Gasteiger partial charge in [-0.25, -0.2) is 4.98 Å². The number of primary amides is 1. The summed E-state index contributed by atoms with van der Waals surface area (Å²) in [5.74, 6) is -0.269. The van der Waals surface area contributed by atoms with Crippen LogP contribution in [0.4, 0.5) is 0 Å². The standard InChI is InChI=1S/C19H27N5O2/c20-19(26)17-5-4-14-12-22(7-6-16(14)21-17)13-18(25)24-10-8-23(9-11-24)15-2-1-3-15/h4-5,15H,1-3,6-13H2,(H2,20,26). The van der Waals surface area contributed by atoms with Crippen molar-refractivity contribution in [3.8, 4) is 0 Å². The number of piperazine rings is 1. The summed E-state index contributed by atoms with van der Waals surface area (Å²) in [4.78, 5) is 35.0. The van der Waals surface area contributed by atoms with Crippen molar-refractivity contribution in [1.29, 1.82) is 0 Å². The van der Waals surface area contributed by atoms with E-state index in [2.05, 4.69) is 14.8 Å². The van der Waals surface area contributed by atoms with Gasteiger partial charge in [0.15, 0.2) is 0 Å². The number of hydrogen-bond acceptors (Lipinski definition) is 5. The van der Waals surface area contributed by atoms with Crippen LogP contribution >= 0.6 is 0 Å². The Balaban J connectivity index is 1.29. The Bertz CT molecular complexity index is 695. The lowest BCUT2D eigenvalue weighted by molar-refractivity contribution is -0.135. The molecule has 2 amide bonds. The van der Waals surface area contributed by atoms with Gasteiger partial charge in [0.05, 0.1) is 6.54 Å². The highest BCUT2D eigenvalue weighted by atomic mass is 16.2. The minimum atomic E-state index is -0.494. The van der Waals surface area contributed by atoms with Crippen LogP contribution in [-0.2, 0) is 17.8 Å². The molecule has 3 heterocycles. The molecule has 7 heteroatoms. The van der Waals surface area contributed by atoms with Gasteiger partial charge in [0.2, 0.25) is 5.91 Å². The Labute approximate surface area is 154 Å². The fourth-order valence-electron chi connectivity index (χ4n) is 4.13. The first-order valence-electron chi connectivity index (χ1n) is 9.63. The number of aromatic nitrogens is 1. The Morgan fingerprint density at radius 2 is 1.88 bits per heavy atom. The number of hydrogen-bond donors (Lipinski definition) is 1. The third-order valence-corrected chi connectivity index (χ3v) is 6.00. The van der Waals surface area contributed by atoms with Crippen molar-refractivity contribution in [3.63, 3.8) is 0 Å². The Morgan fingerprint density at radius 3 is 2.54 bits per heavy atom. The van der Waals surface area contributed by atoms with Gasteiger partial charge < -0.3 is 10.6 Å². The molecule has 1 aromatic heterocycles. The van der Waals surface area contributed by atoms with E-state index < -0.39 is 5.91 Å². The Morgan fingerprint density at radius 1 is 1.12 bits per heavy atom. The number of carbonyl (C=O) groups excluding carboxylic acids is 2. The molecule has 0 radical (unpaired) electrons. The van der Waals surface area contributed by atoms with Crippen LogP contribution in [0.2, 0.25) is 0 Å². The van der Waals surface area contributed by atoms with Crippen LogP contribution in [0.5, 0.6) is 0 Å². The van der Waals surface area contributed by atoms with Crippen LogP contribution in [0.3, 0.4) is 0 Å². The molecule has 1 aliphatic carbocycles. The normalized spacial score (nSPS) is 21.9. The van der Waals surface area contributed by atoms with Crippen molar-refractivity contribution in [2.45, 2.75) is 38.3 Å². The number of nitrogens with zero attached hydrogens (tertiary/aromatic N) is 4. The fourth-order valence-corrected chi connectivity index (χ4v) is 4.13. The maximum Gasteiger partial charge on any atom is 0.267 e. The monoisotopic (exact) mass is 357 g/mol. The number of fused-ring (bicyclic) bond motifs is 1. The maximum atomic E-state index is 12.7. The molecule has 1 saturated heterocycles. The van der Waals surface area contributed by atoms with E-state index in [1.807, 2.05) is 11.0 Å². The van der Waals surface area contributed by atoms with Gasteiger partial charge in [0.25, 0.3) is 5.91 Å². The number of nitrogens with two attached hydrogens (primary N) is 1. The van der Waals surface area contributed by atoms with Gasteiger partial charge in [0, 0.05) is 57.4 Å². The molecule has 0 unspecified atom stereocenters. The van der Waals surface area contributed by atoms with E-state index in [0.29, 0.717) is 18.8 Å². The molecule has 2 fully saturated rings. The van der Waals surface area contributed by atoms with Crippen LogP contribution in [0.25, 0.3) is 0 Å². The fraction of sp³-hybridized carbons (Fsp3) is 0.632. The lowest BCUT2D eigenvalue weighted by Gasteiger charge is -2.43. The summed E-state index contributed by atoms with van der Waals surface area (Å²) in [5.41, 5.74) is 7.63. The van der Waals surface area contributed by atoms with E-state index in [-0.39, 0.29) is 5.91 Å². The first-order chi connectivity index (χ1) is 12.6. The summed E-state index contributed by atoms with van der Waals surface area (Å²) in [6, 6.07) is 4.35. The third-order valence-electron chi connectivity index (χ3n) is 6.00. The molecule has 0 spiro atoms. The van der Waals surface area contributed by atoms with Crippen molar-refractivity contribution >= 4 is 11.8 Å². The zero-order valence-electron chi connectivity index (χ0n) is 15.2. The zero-order chi connectivity index (χ0) is 18.1. The van der Waals surface area contributed by atoms with E-state index in [0.717, 1.165) is 56.4 Å². The van der Waals surface area contributed by atoms with Gasteiger partial charge >= 0.3 is 0 Å². The molecule has 1 saturated carbocycles. The predicted molar refractivity (Wildman–Crippen MR) is 97.5 cm³/mol. The highest BCUT2D eigenvalue weighted by Crippen LogP contribution is 2.25. The van der Waals surface area contributed by atoms with Crippen LogP contribution in [0, 0.1) is 0 Å². The van der Waals surface area contributed by atoms with Gasteiger partial charge in [-0.2, -0.15) is 0 Å². The molecule has 26 heavy (non-hydrogen) atoms. The van der Waals surface area contributed by atoms with E-state index in [4.69, 9.17) is 5.73 Å². The van der Waals surface area contributed by atoms with Gasteiger partial charge in [-0.3, -0.25) is 19.4 Å². The summed E-state index contributed by atoms with van der Waals surface area (Å²) in [7, 11) is 0. The highest BCUT2D eigenvalue weighted by molar-refractivity contribution is 5.90. The lowest BCUT2D eigenvalue weighted by atomic mass is 9.91. The lowest BCUT2D eigenvalue weighted by Crippen LogP contribution is -2.55. The van der Waals surface area contributed by atoms with E-state index in [1.165, 1.54) is 19.3 Å². The van der Waals surface area contributed by atoms with Gasteiger partial charge in [-0.15, -0.1) is 0 Å². The molecule has 0 aromatic carbocycles. The molecule has 4 rings (SSSR count). The molecular weight excluding hydrogens is 330 g/mol. The van der Waals surface area contributed by atoms with Gasteiger partial charge in [-0.1, -0.05) is 12.5 Å². The summed E-state index contributed by atoms with van der Waals surface area (Å²) in [5, 5.41) is 0. The third kappa shape index (κ3) is 3.59. The largest absolute Gasteiger partial charge is 0.364 e. The number of pyridine rings is 1. The first kappa shape index (κ1) is 17.4. The zero-order valence-corrected chi connectivity index (χ0v) is 15.2. The Hall–Kier alpha value is -1.99. The second-order valence-electron chi connectivity index (χ2n) is 7.63. The van der Waals surface area contributed by atoms with Crippen LogP contribution in [0.1, 0.15) is 41.0 Å². The average Bonchev–Trinajstić information content (AvgIpc) is 2.60. The van der Waals surface area contributed by atoms with Crippen molar-refractivity contribution in [2.75, 3.05) is 39.3 Å². The molecular formula is C19H27N5O2. The average molecular weight is 357 g/mol. The first-order valence-corrected chi connectivity index (χ1v) is 9.63. The van der Waals surface area contributed by atoms with Crippen molar-refractivity contribution in [3.05, 3.63) is 29.1 Å². The molecule has 140 valence electrons. The smallest absolute Gasteiger partial charge is 0.267 e. The molecule has 2 aliphatic heterocycles. The number of carbonyl (C=O) groups is 2. The molecule has 0 atom stereocenters. The Kier molecular flexibility index (Phi) is 4.91. The molecule has 1 aromatic rings. The van der Waals surface area contributed by atoms with E-state index in [9.17, 15) is 9.59 Å². The van der Waals surface area contributed by atoms with Crippen LogP contribution in [0.15, 0.2) is 12.1 Å². The summed E-state index contributed by atoms with van der Waals surface area (Å²) in [6.07, 6.45) is 4.76. The van der Waals surface area contributed by atoms with E-state index >= 15 is 0 Å². The van der Waals surface area contributed by atoms with E-state index in [1.54, 1.807) is 6.07 Å². The number of amides is 2. The van der Waals surface area contributed by atoms with Gasteiger partial charge in [-0.05, 0) is 24.5 Å². The molecule has 7 nitrogen and oxygen atoms in total. The highest BCUT2D eigenvalue weighted by Gasteiger charge is 2.30. The van der Waals surface area contributed by atoms with Crippen molar-refractivity contribution < 1.29 is 9.59 Å². The van der Waals surface area contributed by atoms with Crippen molar-refractivity contribution in [1.82, 2.24) is 19.7 Å². The second-order valence-corrected chi connectivity index (χ2v) is 7.63. The topological polar surface area (TPSA) is 82.8 Å². The molecule has 0 bridgehead atoms. The van der Waals surface area contributed by atoms with Crippen LogP contribution < -0.4 is 5.73 Å². The van der Waals surface area contributed by atoms with Crippen LogP contribution in [-0.4, -0.2) is 76.8 Å². The minimum Gasteiger partial charge on any atom is -0.364 e. The molecule has 2 N–H and O–H groups in total. The maximum absolute atomic E-state index is 12.7. The summed E-state index contributed by atoms with van der Waals surface area (Å²) < 4.78 is 0. The predicted octanol–water partition coefficient (Wildman–Crippen LogP) is 0.235. The molecule has 3 aliphatic rings. The second kappa shape index (κ2) is 7.32. The summed E-state index contributed by atoms with van der Waals surface area (Å²) in [6.45, 7) is 5.68. The quantitative estimate of drug-likeness (QED) is 0.834.